The van der Waals surface area contributed by atoms with Crippen LogP contribution in [0.3, 0.4) is 0 Å². The molecule has 0 fully saturated rings. The molecule has 0 aromatic heterocycles. The highest BCUT2D eigenvalue weighted by atomic mass is 16.6. The Bertz CT molecular complexity index is 407. The van der Waals surface area contributed by atoms with Crippen molar-refractivity contribution >= 4 is 5.69 Å². The Labute approximate surface area is 107 Å². The normalized spacial score (nSPS) is 12.2. The van der Waals surface area contributed by atoms with Crippen LogP contribution in [-0.4, -0.2) is 24.6 Å². The lowest BCUT2D eigenvalue weighted by Gasteiger charge is -2.14. The Morgan fingerprint density at radius 3 is 2.83 bits per heavy atom. The molecule has 0 saturated heterocycles. The number of nitrogens with one attached hydrogen (secondary N) is 1. The van der Waals surface area contributed by atoms with E-state index in [4.69, 9.17) is 4.74 Å². The zero-order valence-electron chi connectivity index (χ0n) is 11.1. The van der Waals surface area contributed by atoms with Crippen LogP contribution in [-0.2, 0) is 0 Å². The first-order valence-electron chi connectivity index (χ1n) is 6.13. The number of hydrogen-bond donors (Lipinski definition) is 1. The maximum absolute atomic E-state index is 10.8. The average molecular weight is 252 g/mol. The van der Waals surface area contributed by atoms with E-state index in [1.807, 2.05) is 0 Å². The van der Waals surface area contributed by atoms with E-state index in [1.54, 1.807) is 19.1 Å². The molecular weight excluding hydrogens is 232 g/mol. The van der Waals surface area contributed by atoms with E-state index in [9.17, 15) is 10.1 Å². The molecule has 18 heavy (non-hydrogen) atoms. The van der Waals surface area contributed by atoms with Crippen LogP contribution in [0.5, 0.6) is 5.75 Å². The number of ether oxygens (including phenoxy) is 1. The highest BCUT2D eigenvalue weighted by molar-refractivity contribution is 5.48. The van der Waals surface area contributed by atoms with Crippen molar-refractivity contribution in [2.24, 2.45) is 5.92 Å². The number of nitrogens with zero attached hydrogens (tertiary/aromatic N) is 1. The first-order chi connectivity index (χ1) is 8.56. The minimum absolute atomic E-state index is 0.104. The molecule has 0 aliphatic rings. The van der Waals surface area contributed by atoms with Gasteiger partial charge < -0.3 is 10.1 Å². The molecule has 0 amide bonds. The highest BCUT2D eigenvalue weighted by Crippen LogP contribution is 2.27. The van der Waals surface area contributed by atoms with Crippen molar-refractivity contribution in [3.8, 4) is 5.75 Å². The number of nitro groups is 1. The summed E-state index contributed by atoms with van der Waals surface area (Å²) in [5, 5.41) is 14.0. The zero-order chi connectivity index (χ0) is 13.5. The van der Waals surface area contributed by atoms with Gasteiger partial charge in [0.25, 0.3) is 5.69 Å². The Kier molecular flexibility index (Phi) is 5.58. The Morgan fingerprint density at radius 2 is 2.22 bits per heavy atom. The molecule has 0 bridgehead atoms. The summed E-state index contributed by atoms with van der Waals surface area (Å²) in [4.78, 5) is 10.4. The molecule has 1 aromatic carbocycles. The summed E-state index contributed by atoms with van der Waals surface area (Å²) in [6.45, 7) is 8.20. The molecule has 0 aliphatic heterocycles. The van der Waals surface area contributed by atoms with Crippen LogP contribution in [0.25, 0.3) is 0 Å². The van der Waals surface area contributed by atoms with Gasteiger partial charge in [0.05, 0.1) is 17.1 Å². The van der Waals surface area contributed by atoms with Gasteiger partial charge in [-0.05, 0) is 19.5 Å². The third-order valence-electron chi connectivity index (χ3n) is 2.72. The number of rotatable bonds is 7. The van der Waals surface area contributed by atoms with E-state index < -0.39 is 0 Å². The number of benzene rings is 1. The molecule has 5 nitrogen and oxygen atoms in total. The van der Waals surface area contributed by atoms with Gasteiger partial charge in [-0.25, -0.2) is 0 Å². The van der Waals surface area contributed by atoms with Crippen molar-refractivity contribution in [2.75, 3.05) is 19.7 Å². The topological polar surface area (TPSA) is 64.4 Å². The summed E-state index contributed by atoms with van der Waals surface area (Å²) in [6.07, 6.45) is 0. The van der Waals surface area contributed by atoms with Crippen LogP contribution in [0.1, 0.15) is 19.4 Å². The molecule has 5 heteroatoms. The summed E-state index contributed by atoms with van der Waals surface area (Å²) in [5.74, 6) is 0.955. The lowest BCUT2D eigenvalue weighted by molar-refractivity contribution is -0.385. The van der Waals surface area contributed by atoms with E-state index >= 15 is 0 Å². The van der Waals surface area contributed by atoms with Crippen molar-refractivity contribution in [3.05, 3.63) is 33.9 Å². The predicted molar refractivity (Wildman–Crippen MR) is 71.0 cm³/mol. The molecule has 100 valence electrons. The molecule has 1 unspecified atom stereocenters. The van der Waals surface area contributed by atoms with Crippen LogP contribution >= 0.6 is 0 Å². The molecule has 0 aliphatic carbocycles. The summed E-state index contributed by atoms with van der Waals surface area (Å²) >= 11 is 0. The van der Waals surface area contributed by atoms with Crippen LogP contribution < -0.4 is 10.1 Å². The molecule has 1 atom stereocenters. The first kappa shape index (κ1) is 14.4. The van der Waals surface area contributed by atoms with Gasteiger partial charge in [-0.2, -0.15) is 0 Å². The van der Waals surface area contributed by atoms with E-state index in [0.717, 1.165) is 13.1 Å². The molecule has 0 saturated carbocycles. The van der Waals surface area contributed by atoms with Gasteiger partial charge in [0, 0.05) is 18.5 Å². The quantitative estimate of drug-likeness (QED) is 0.598. The first-order valence-corrected chi connectivity index (χ1v) is 6.13. The number of nitro benzene ring substituents is 1. The average Bonchev–Trinajstić information content (AvgIpc) is 2.34. The Morgan fingerprint density at radius 1 is 1.50 bits per heavy atom. The summed E-state index contributed by atoms with van der Waals surface area (Å²) in [6, 6.07) is 4.90. The summed E-state index contributed by atoms with van der Waals surface area (Å²) < 4.78 is 5.64. The van der Waals surface area contributed by atoms with Crippen LogP contribution in [0, 0.1) is 23.0 Å². The molecule has 0 spiro atoms. The maximum atomic E-state index is 10.8. The van der Waals surface area contributed by atoms with Crippen LogP contribution in [0.2, 0.25) is 0 Å². The van der Waals surface area contributed by atoms with Crippen LogP contribution in [0.15, 0.2) is 18.2 Å². The van der Waals surface area contributed by atoms with Crippen molar-refractivity contribution in [1.82, 2.24) is 5.32 Å². The zero-order valence-corrected chi connectivity index (χ0v) is 11.1. The smallest absolute Gasteiger partial charge is 0.276 e. The fraction of sp³-hybridized carbons (Fsp3) is 0.538. The molecule has 1 rings (SSSR count). The third-order valence-corrected chi connectivity index (χ3v) is 2.72. The monoisotopic (exact) mass is 252 g/mol. The van der Waals surface area contributed by atoms with E-state index in [1.165, 1.54) is 6.07 Å². The van der Waals surface area contributed by atoms with Crippen molar-refractivity contribution in [2.45, 2.75) is 20.8 Å². The lowest BCUT2D eigenvalue weighted by Crippen LogP contribution is -2.24. The minimum atomic E-state index is -0.385. The van der Waals surface area contributed by atoms with Gasteiger partial charge in [0.2, 0.25) is 0 Å². The van der Waals surface area contributed by atoms with Gasteiger partial charge in [-0.3, -0.25) is 10.1 Å². The second-order valence-corrected chi connectivity index (χ2v) is 4.38. The molecular formula is C13H20N2O3. The van der Waals surface area contributed by atoms with Gasteiger partial charge in [-0.15, -0.1) is 0 Å². The van der Waals surface area contributed by atoms with E-state index in [2.05, 4.69) is 19.2 Å². The SMILES string of the molecule is CCNCC(C)COc1cccc([N+](=O)[O-])c1C. The third kappa shape index (κ3) is 4.00. The lowest BCUT2D eigenvalue weighted by atomic mass is 10.1. The standard InChI is InChI=1S/C13H20N2O3/c1-4-14-8-10(2)9-18-13-7-5-6-12(11(13)3)15(16)17/h5-7,10,14H,4,8-9H2,1-3H3. The Balaban J connectivity index is 2.62. The van der Waals surface area contributed by atoms with Crippen molar-refractivity contribution in [3.63, 3.8) is 0 Å². The van der Waals surface area contributed by atoms with Crippen LogP contribution in [0.4, 0.5) is 5.69 Å². The van der Waals surface area contributed by atoms with Gasteiger partial charge in [0.15, 0.2) is 0 Å². The largest absolute Gasteiger partial charge is 0.493 e. The highest BCUT2D eigenvalue weighted by Gasteiger charge is 2.14. The second-order valence-electron chi connectivity index (χ2n) is 4.38. The second kappa shape index (κ2) is 6.96. The van der Waals surface area contributed by atoms with Gasteiger partial charge in [0.1, 0.15) is 5.75 Å². The fourth-order valence-corrected chi connectivity index (χ4v) is 1.64. The van der Waals surface area contributed by atoms with E-state index in [-0.39, 0.29) is 10.6 Å². The fourth-order valence-electron chi connectivity index (χ4n) is 1.64. The molecule has 0 radical (unpaired) electrons. The van der Waals surface area contributed by atoms with Gasteiger partial charge >= 0.3 is 0 Å². The van der Waals surface area contributed by atoms with Crippen molar-refractivity contribution < 1.29 is 9.66 Å². The molecule has 1 N–H and O–H groups in total. The Hall–Kier alpha value is -1.62. The van der Waals surface area contributed by atoms with Crippen molar-refractivity contribution in [1.29, 1.82) is 0 Å². The van der Waals surface area contributed by atoms with E-state index in [0.29, 0.717) is 23.8 Å². The minimum Gasteiger partial charge on any atom is -0.493 e. The molecule has 1 aromatic rings. The summed E-state index contributed by atoms with van der Waals surface area (Å²) in [5.41, 5.74) is 0.685. The molecule has 0 heterocycles. The van der Waals surface area contributed by atoms with Gasteiger partial charge in [-0.1, -0.05) is 19.9 Å². The number of hydrogen-bond acceptors (Lipinski definition) is 4. The predicted octanol–water partition coefficient (Wildman–Crippen LogP) is 2.53. The maximum Gasteiger partial charge on any atom is 0.276 e. The summed E-state index contributed by atoms with van der Waals surface area (Å²) in [7, 11) is 0.